The highest BCUT2D eigenvalue weighted by Crippen LogP contribution is 2.30. The summed E-state index contributed by atoms with van der Waals surface area (Å²) in [6.45, 7) is 2.04. The molecular formula is C20H16FN3OS. The van der Waals surface area contributed by atoms with Crippen molar-refractivity contribution in [1.82, 2.24) is 14.8 Å². The van der Waals surface area contributed by atoms with Crippen LogP contribution in [0.3, 0.4) is 0 Å². The predicted molar refractivity (Wildman–Crippen MR) is 99.8 cm³/mol. The van der Waals surface area contributed by atoms with Gasteiger partial charge in [-0.15, -0.1) is 10.2 Å². The molecule has 0 unspecified atom stereocenters. The SMILES string of the molecule is Cc1cccc(-n2c(SCc3cccc(F)c3)nnc2-c2ccco2)c1. The molecule has 0 bridgehead atoms. The van der Waals surface area contributed by atoms with Gasteiger partial charge in [0, 0.05) is 5.75 Å². The second kappa shape index (κ2) is 7.17. The molecule has 4 aromatic rings. The van der Waals surface area contributed by atoms with Crippen molar-refractivity contribution in [3.8, 4) is 17.3 Å². The molecule has 0 radical (unpaired) electrons. The summed E-state index contributed by atoms with van der Waals surface area (Å²) in [7, 11) is 0. The molecule has 0 aliphatic rings. The van der Waals surface area contributed by atoms with E-state index in [2.05, 4.69) is 16.3 Å². The van der Waals surface area contributed by atoms with Crippen LogP contribution in [0.2, 0.25) is 0 Å². The van der Waals surface area contributed by atoms with Crippen molar-refractivity contribution in [2.75, 3.05) is 0 Å². The van der Waals surface area contributed by atoms with E-state index in [1.165, 1.54) is 23.9 Å². The highest BCUT2D eigenvalue weighted by Gasteiger charge is 2.18. The van der Waals surface area contributed by atoms with Gasteiger partial charge in [0.15, 0.2) is 10.9 Å². The van der Waals surface area contributed by atoms with Crippen molar-refractivity contribution in [1.29, 1.82) is 0 Å². The first-order valence-corrected chi connectivity index (χ1v) is 9.13. The first-order valence-electron chi connectivity index (χ1n) is 8.14. The van der Waals surface area contributed by atoms with Crippen molar-refractivity contribution in [2.24, 2.45) is 0 Å². The number of thioether (sulfide) groups is 1. The Morgan fingerprint density at radius 3 is 2.69 bits per heavy atom. The van der Waals surface area contributed by atoms with E-state index in [0.717, 1.165) is 22.0 Å². The van der Waals surface area contributed by atoms with E-state index in [1.807, 2.05) is 47.9 Å². The van der Waals surface area contributed by atoms with E-state index in [9.17, 15) is 4.39 Å². The van der Waals surface area contributed by atoms with Crippen LogP contribution < -0.4 is 0 Å². The zero-order valence-electron chi connectivity index (χ0n) is 14.1. The maximum absolute atomic E-state index is 13.4. The molecule has 0 amide bonds. The van der Waals surface area contributed by atoms with Crippen molar-refractivity contribution in [3.63, 3.8) is 0 Å². The summed E-state index contributed by atoms with van der Waals surface area (Å²) in [5.74, 6) is 1.65. The Hall–Kier alpha value is -2.86. The van der Waals surface area contributed by atoms with E-state index in [0.29, 0.717) is 17.3 Å². The molecule has 130 valence electrons. The molecule has 0 aliphatic carbocycles. The van der Waals surface area contributed by atoms with Crippen LogP contribution in [0.25, 0.3) is 17.3 Å². The topological polar surface area (TPSA) is 43.9 Å². The molecule has 2 heterocycles. The third-order valence-corrected chi connectivity index (χ3v) is 4.89. The fraction of sp³-hybridized carbons (Fsp3) is 0.100. The van der Waals surface area contributed by atoms with Gasteiger partial charge < -0.3 is 4.42 Å². The number of aryl methyl sites for hydroxylation is 1. The second-order valence-corrected chi connectivity index (χ2v) is 6.82. The summed E-state index contributed by atoms with van der Waals surface area (Å²) in [6.07, 6.45) is 1.62. The Morgan fingerprint density at radius 2 is 1.92 bits per heavy atom. The molecule has 2 aromatic carbocycles. The van der Waals surface area contributed by atoms with E-state index in [-0.39, 0.29) is 5.82 Å². The molecule has 0 N–H and O–H groups in total. The van der Waals surface area contributed by atoms with Gasteiger partial charge in [0.2, 0.25) is 5.82 Å². The highest BCUT2D eigenvalue weighted by molar-refractivity contribution is 7.98. The fourth-order valence-electron chi connectivity index (χ4n) is 2.70. The summed E-state index contributed by atoms with van der Waals surface area (Å²) in [4.78, 5) is 0. The number of benzene rings is 2. The molecule has 6 heteroatoms. The first-order chi connectivity index (χ1) is 12.7. The van der Waals surface area contributed by atoms with Crippen LogP contribution in [0, 0.1) is 12.7 Å². The molecular weight excluding hydrogens is 349 g/mol. The molecule has 0 spiro atoms. The van der Waals surface area contributed by atoms with Crippen molar-refractivity contribution in [3.05, 3.63) is 83.9 Å². The van der Waals surface area contributed by atoms with Crippen LogP contribution in [-0.2, 0) is 5.75 Å². The zero-order valence-corrected chi connectivity index (χ0v) is 14.9. The lowest BCUT2D eigenvalue weighted by Gasteiger charge is -2.10. The average molecular weight is 365 g/mol. The summed E-state index contributed by atoms with van der Waals surface area (Å²) in [6, 6.07) is 18.4. The summed E-state index contributed by atoms with van der Waals surface area (Å²) in [5, 5.41) is 9.38. The van der Waals surface area contributed by atoms with Crippen LogP contribution in [0.4, 0.5) is 4.39 Å². The largest absolute Gasteiger partial charge is 0.461 e. The Bertz CT molecular complexity index is 1030. The highest BCUT2D eigenvalue weighted by atomic mass is 32.2. The third kappa shape index (κ3) is 3.41. The molecule has 0 saturated heterocycles. The lowest BCUT2D eigenvalue weighted by Crippen LogP contribution is -1.99. The Balaban J connectivity index is 1.72. The number of rotatable bonds is 5. The molecule has 26 heavy (non-hydrogen) atoms. The lowest BCUT2D eigenvalue weighted by atomic mass is 10.2. The van der Waals surface area contributed by atoms with Crippen LogP contribution in [0.1, 0.15) is 11.1 Å². The summed E-state index contributed by atoms with van der Waals surface area (Å²) >= 11 is 1.51. The third-order valence-electron chi connectivity index (χ3n) is 3.89. The van der Waals surface area contributed by atoms with Gasteiger partial charge in [-0.3, -0.25) is 4.57 Å². The van der Waals surface area contributed by atoms with E-state index in [4.69, 9.17) is 4.42 Å². The van der Waals surface area contributed by atoms with Gasteiger partial charge in [-0.1, -0.05) is 36.0 Å². The minimum atomic E-state index is -0.237. The Morgan fingerprint density at radius 1 is 1.04 bits per heavy atom. The minimum Gasteiger partial charge on any atom is -0.461 e. The maximum Gasteiger partial charge on any atom is 0.205 e. The number of furan rings is 1. The van der Waals surface area contributed by atoms with Crippen LogP contribution in [0.5, 0.6) is 0 Å². The van der Waals surface area contributed by atoms with E-state index >= 15 is 0 Å². The molecule has 2 aromatic heterocycles. The average Bonchev–Trinajstić information content (AvgIpc) is 3.29. The van der Waals surface area contributed by atoms with Gasteiger partial charge in [-0.25, -0.2) is 4.39 Å². The number of hydrogen-bond acceptors (Lipinski definition) is 4. The van der Waals surface area contributed by atoms with Gasteiger partial charge >= 0.3 is 0 Å². The predicted octanol–water partition coefficient (Wildman–Crippen LogP) is 5.27. The quantitative estimate of drug-likeness (QED) is 0.452. The van der Waals surface area contributed by atoms with E-state index < -0.39 is 0 Å². The fourth-order valence-corrected chi connectivity index (χ4v) is 3.60. The van der Waals surface area contributed by atoms with E-state index in [1.54, 1.807) is 12.3 Å². The second-order valence-electron chi connectivity index (χ2n) is 5.88. The number of nitrogens with zero attached hydrogens (tertiary/aromatic N) is 3. The lowest BCUT2D eigenvalue weighted by molar-refractivity contribution is 0.575. The summed E-state index contributed by atoms with van der Waals surface area (Å²) < 4.78 is 20.9. The maximum atomic E-state index is 13.4. The van der Waals surface area contributed by atoms with Crippen LogP contribution in [0.15, 0.2) is 76.5 Å². The Kier molecular flexibility index (Phi) is 4.58. The van der Waals surface area contributed by atoms with Gasteiger partial charge in [0.25, 0.3) is 0 Å². The van der Waals surface area contributed by atoms with Crippen LogP contribution >= 0.6 is 11.8 Å². The van der Waals surface area contributed by atoms with Gasteiger partial charge in [0.1, 0.15) is 5.82 Å². The molecule has 0 atom stereocenters. The van der Waals surface area contributed by atoms with Crippen molar-refractivity contribution >= 4 is 11.8 Å². The summed E-state index contributed by atoms with van der Waals surface area (Å²) in [5.41, 5.74) is 3.00. The molecule has 0 saturated carbocycles. The van der Waals surface area contributed by atoms with Gasteiger partial charge in [-0.05, 0) is 54.4 Å². The smallest absolute Gasteiger partial charge is 0.205 e. The number of aromatic nitrogens is 3. The number of hydrogen-bond donors (Lipinski definition) is 0. The Labute approximate surface area is 154 Å². The van der Waals surface area contributed by atoms with Crippen molar-refractivity contribution in [2.45, 2.75) is 17.8 Å². The standard InChI is InChI=1S/C20H16FN3OS/c1-14-5-2-8-17(11-14)24-19(18-9-4-10-25-18)22-23-20(24)26-13-15-6-3-7-16(21)12-15/h2-12H,13H2,1H3. The number of halogens is 1. The van der Waals surface area contributed by atoms with Crippen LogP contribution in [-0.4, -0.2) is 14.8 Å². The molecule has 4 nitrogen and oxygen atoms in total. The molecule has 4 rings (SSSR count). The van der Waals surface area contributed by atoms with Gasteiger partial charge in [-0.2, -0.15) is 0 Å². The monoisotopic (exact) mass is 365 g/mol. The van der Waals surface area contributed by atoms with Gasteiger partial charge in [0.05, 0.1) is 12.0 Å². The first kappa shape index (κ1) is 16.6. The van der Waals surface area contributed by atoms with Crippen molar-refractivity contribution < 1.29 is 8.81 Å². The minimum absolute atomic E-state index is 0.237. The molecule has 0 fully saturated rings. The zero-order chi connectivity index (χ0) is 17.9. The molecule has 0 aliphatic heterocycles. The normalized spacial score (nSPS) is 11.0.